The van der Waals surface area contributed by atoms with Crippen molar-refractivity contribution < 1.29 is 9.47 Å². The Hall–Kier alpha value is -0.120. The van der Waals surface area contributed by atoms with E-state index >= 15 is 0 Å². The molecular weight excluding hydrogens is 202 g/mol. The molecular formula is C13H25NO2. The summed E-state index contributed by atoms with van der Waals surface area (Å²) in [7, 11) is 1.80. The van der Waals surface area contributed by atoms with Gasteiger partial charge >= 0.3 is 0 Å². The molecule has 0 bridgehead atoms. The van der Waals surface area contributed by atoms with Crippen LogP contribution in [0.25, 0.3) is 0 Å². The summed E-state index contributed by atoms with van der Waals surface area (Å²) in [4.78, 5) is 0. The average molecular weight is 227 g/mol. The molecule has 16 heavy (non-hydrogen) atoms. The Morgan fingerprint density at radius 1 is 1.12 bits per heavy atom. The molecule has 2 atom stereocenters. The van der Waals surface area contributed by atoms with Crippen LogP contribution in [-0.4, -0.2) is 31.5 Å². The van der Waals surface area contributed by atoms with Gasteiger partial charge in [-0.3, -0.25) is 0 Å². The first-order valence-corrected chi connectivity index (χ1v) is 6.65. The first kappa shape index (κ1) is 12.3. The highest BCUT2D eigenvalue weighted by atomic mass is 16.5. The summed E-state index contributed by atoms with van der Waals surface area (Å²) in [5.74, 6) is 0. The van der Waals surface area contributed by atoms with Crippen molar-refractivity contribution in [2.75, 3.05) is 13.7 Å². The summed E-state index contributed by atoms with van der Waals surface area (Å²) >= 11 is 0. The van der Waals surface area contributed by atoms with Crippen molar-refractivity contribution in [1.82, 2.24) is 0 Å². The maximum absolute atomic E-state index is 6.29. The maximum atomic E-state index is 6.29. The number of rotatable bonds is 4. The van der Waals surface area contributed by atoms with Crippen LogP contribution in [0.2, 0.25) is 0 Å². The van der Waals surface area contributed by atoms with Crippen LogP contribution in [0.15, 0.2) is 0 Å². The van der Waals surface area contributed by atoms with Crippen molar-refractivity contribution in [2.24, 2.45) is 5.73 Å². The van der Waals surface area contributed by atoms with Crippen LogP contribution in [0.3, 0.4) is 0 Å². The molecule has 0 aromatic carbocycles. The zero-order valence-electron chi connectivity index (χ0n) is 10.4. The van der Waals surface area contributed by atoms with E-state index in [-0.39, 0.29) is 5.54 Å². The summed E-state index contributed by atoms with van der Waals surface area (Å²) in [6.07, 6.45) is 10.2. The van der Waals surface area contributed by atoms with Crippen LogP contribution in [0.5, 0.6) is 0 Å². The van der Waals surface area contributed by atoms with E-state index in [0.717, 1.165) is 25.9 Å². The van der Waals surface area contributed by atoms with Gasteiger partial charge in [0, 0.05) is 12.6 Å². The quantitative estimate of drug-likeness (QED) is 0.801. The van der Waals surface area contributed by atoms with E-state index in [4.69, 9.17) is 15.2 Å². The Kier molecular flexibility index (Phi) is 4.22. The molecule has 0 spiro atoms. The van der Waals surface area contributed by atoms with Gasteiger partial charge in [-0.1, -0.05) is 12.8 Å². The van der Waals surface area contributed by atoms with Gasteiger partial charge in [0.1, 0.15) is 0 Å². The van der Waals surface area contributed by atoms with Crippen LogP contribution in [0.4, 0.5) is 0 Å². The molecule has 0 amide bonds. The van der Waals surface area contributed by atoms with Gasteiger partial charge in [-0.15, -0.1) is 0 Å². The smallest absolute Gasteiger partial charge is 0.0649 e. The number of hydrogen-bond donors (Lipinski definition) is 1. The van der Waals surface area contributed by atoms with Crippen LogP contribution in [0, 0.1) is 0 Å². The Morgan fingerprint density at radius 2 is 1.81 bits per heavy atom. The third-order valence-corrected chi connectivity index (χ3v) is 4.12. The molecule has 2 unspecified atom stereocenters. The van der Waals surface area contributed by atoms with Gasteiger partial charge in [0.2, 0.25) is 0 Å². The molecule has 2 rings (SSSR count). The van der Waals surface area contributed by atoms with E-state index in [2.05, 4.69) is 0 Å². The topological polar surface area (TPSA) is 44.5 Å². The molecule has 0 aliphatic heterocycles. The minimum atomic E-state index is -0.0278. The third-order valence-electron chi connectivity index (χ3n) is 4.12. The lowest BCUT2D eigenvalue weighted by atomic mass is 9.94. The van der Waals surface area contributed by atoms with Gasteiger partial charge in [0.05, 0.1) is 18.8 Å². The van der Waals surface area contributed by atoms with Crippen molar-refractivity contribution in [1.29, 1.82) is 0 Å². The summed E-state index contributed by atoms with van der Waals surface area (Å²) in [5, 5.41) is 0. The van der Waals surface area contributed by atoms with Crippen LogP contribution < -0.4 is 5.73 Å². The van der Waals surface area contributed by atoms with Crippen molar-refractivity contribution in [3.8, 4) is 0 Å². The molecule has 2 aliphatic rings. The van der Waals surface area contributed by atoms with Gasteiger partial charge in [0.25, 0.3) is 0 Å². The monoisotopic (exact) mass is 227 g/mol. The highest BCUT2D eigenvalue weighted by Gasteiger charge is 2.31. The van der Waals surface area contributed by atoms with Gasteiger partial charge in [-0.25, -0.2) is 0 Å². The fourth-order valence-corrected chi connectivity index (χ4v) is 2.97. The number of methoxy groups -OCH3 is 1. The lowest BCUT2D eigenvalue weighted by Gasteiger charge is -2.31. The zero-order valence-corrected chi connectivity index (χ0v) is 10.4. The molecule has 2 fully saturated rings. The summed E-state index contributed by atoms with van der Waals surface area (Å²) in [5.41, 5.74) is 6.26. The second-order valence-corrected chi connectivity index (χ2v) is 5.53. The highest BCUT2D eigenvalue weighted by Crippen LogP contribution is 2.29. The zero-order chi connectivity index (χ0) is 11.4. The molecule has 0 saturated heterocycles. The predicted octanol–water partition coefficient (Wildman–Crippen LogP) is 2.23. The van der Waals surface area contributed by atoms with E-state index in [1.807, 2.05) is 0 Å². The molecule has 3 heteroatoms. The normalized spacial score (nSPS) is 34.1. The predicted molar refractivity (Wildman–Crippen MR) is 64.4 cm³/mol. The SMILES string of the molecule is COC1CCCC(OCC2(N)CCCC2)C1. The third kappa shape index (κ3) is 3.19. The Morgan fingerprint density at radius 3 is 2.50 bits per heavy atom. The van der Waals surface area contributed by atoms with Crippen LogP contribution in [-0.2, 0) is 9.47 Å². The van der Waals surface area contributed by atoms with Crippen molar-refractivity contribution >= 4 is 0 Å². The van der Waals surface area contributed by atoms with E-state index in [9.17, 15) is 0 Å². The minimum Gasteiger partial charge on any atom is -0.381 e. The first-order chi connectivity index (χ1) is 7.72. The van der Waals surface area contributed by atoms with Crippen LogP contribution >= 0.6 is 0 Å². The largest absolute Gasteiger partial charge is 0.381 e. The molecule has 0 heterocycles. The van der Waals surface area contributed by atoms with Crippen molar-refractivity contribution in [2.45, 2.75) is 69.1 Å². The average Bonchev–Trinajstić information content (AvgIpc) is 2.75. The van der Waals surface area contributed by atoms with Gasteiger partial charge in [-0.05, 0) is 38.5 Å². The lowest BCUT2D eigenvalue weighted by Crippen LogP contribution is -2.43. The van der Waals surface area contributed by atoms with Crippen molar-refractivity contribution in [3.63, 3.8) is 0 Å². The molecule has 0 radical (unpaired) electrons. The second kappa shape index (κ2) is 5.48. The molecule has 2 saturated carbocycles. The molecule has 0 aromatic rings. The fraction of sp³-hybridized carbons (Fsp3) is 1.00. The van der Waals surface area contributed by atoms with Gasteiger partial charge < -0.3 is 15.2 Å². The fourth-order valence-electron chi connectivity index (χ4n) is 2.97. The Labute approximate surface area is 98.7 Å². The summed E-state index contributed by atoms with van der Waals surface area (Å²) in [6, 6.07) is 0. The van der Waals surface area contributed by atoms with Crippen molar-refractivity contribution in [3.05, 3.63) is 0 Å². The minimum absolute atomic E-state index is 0.0278. The second-order valence-electron chi connectivity index (χ2n) is 5.53. The maximum Gasteiger partial charge on any atom is 0.0649 e. The summed E-state index contributed by atoms with van der Waals surface area (Å²) in [6.45, 7) is 0.744. The van der Waals surface area contributed by atoms with E-state index in [1.54, 1.807) is 7.11 Å². The van der Waals surface area contributed by atoms with Gasteiger partial charge in [-0.2, -0.15) is 0 Å². The molecule has 2 N–H and O–H groups in total. The Balaban J connectivity index is 1.72. The van der Waals surface area contributed by atoms with E-state index in [1.165, 1.54) is 32.1 Å². The Bertz CT molecular complexity index is 214. The molecule has 3 nitrogen and oxygen atoms in total. The molecule has 2 aliphatic carbocycles. The number of hydrogen-bond acceptors (Lipinski definition) is 3. The number of nitrogens with two attached hydrogens (primary N) is 1. The number of ether oxygens (including phenoxy) is 2. The van der Waals surface area contributed by atoms with Gasteiger partial charge in [0.15, 0.2) is 0 Å². The highest BCUT2D eigenvalue weighted by molar-refractivity contribution is 4.89. The van der Waals surface area contributed by atoms with E-state index in [0.29, 0.717) is 12.2 Å². The van der Waals surface area contributed by atoms with E-state index < -0.39 is 0 Å². The summed E-state index contributed by atoms with van der Waals surface area (Å²) < 4.78 is 11.4. The van der Waals surface area contributed by atoms with Crippen LogP contribution in [0.1, 0.15) is 51.4 Å². The molecule has 0 aromatic heterocycles. The lowest BCUT2D eigenvalue weighted by molar-refractivity contribution is -0.0435. The molecule has 94 valence electrons. The standard InChI is InChI=1S/C13H25NO2/c1-15-11-5-4-6-12(9-11)16-10-13(14)7-2-3-8-13/h11-12H,2-10,14H2,1H3. The first-order valence-electron chi connectivity index (χ1n) is 6.65.